The van der Waals surface area contributed by atoms with Crippen LogP contribution in [0.25, 0.3) is 0 Å². The van der Waals surface area contributed by atoms with Gasteiger partial charge >= 0.3 is 0 Å². The Balaban J connectivity index is 1.97. The molecule has 2 atom stereocenters. The van der Waals surface area contributed by atoms with Gasteiger partial charge in [0, 0.05) is 5.54 Å². The molecule has 0 aromatic carbocycles. The predicted molar refractivity (Wildman–Crippen MR) is 70.4 cm³/mol. The molecule has 0 bridgehead atoms. The molecule has 0 radical (unpaired) electrons. The summed E-state index contributed by atoms with van der Waals surface area (Å²) < 4.78 is 0. The molecule has 2 N–H and O–H groups in total. The zero-order valence-electron chi connectivity index (χ0n) is 11.0. The van der Waals surface area contributed by atoms with Gasteiger partial charge in [0.05, 0.1) is 0 Å². The van der Waals surface area contributed by atoms with E-state index in [0.717, 1.165) is 11.8 Å². The van der Waals surface area contributed by atoms with Crippen molar-refractivity contribution in [1.82, 2.24) is 0 Å². The summed E-state index contributed by atoms with van der Waals surface area (Å²) in [6.45, 7) is 2.35. The number of hydrogen-bond donors (Lipinski definition) is 1. The fourth-order valence-electron chi connectivity index (χ4n) is 3.98. The fraction of sp³-hybridized carbons (Fsp3) is 1.00. The predicted octanol–water partition coefficient (Wildman–Crippen LogP) is 4.25. The number of nitrogens with two attached hydrogens (primary N) is 1. The molecule has 0 aromatic rings. The van der Waals surface area contributed by atoms with E-state index in [0.29, 0.717) is 0 Å². The second-order valence-corrected chi connectivity index (χ2v) is 6.29. The van der Waals surface area contributed by atoms with Crippen LogP contribution < -0.4 is 5.73 Å². The molecule has 0 saturated heterocycles. The maximum Gasteiger partial charge on any atom is 0.0182 e. The van der Waals surface area contributed by atoms with Crippen LogP contribution in [0.3, 0.4) is 0 Å². The topological polar surface area (TPSA) is 26.0 Å². The molecule has 0 aliphatic heterocycles. The maximum atomic E-state index is 6.75. The third kappa shape index (κ3) is 2.80. The summed E-state index contributed by atoms with van der Waals surface area (Å²) in [6.07, 6.45) is 15.3. The molecule has 2 saturated carbocycles. The van der Waals surface area contributed by atoms with Crippen LogP contribution >= 0.6 is 0 Å². The van der Waals surface area contributed by atoms with E-state index in [1.807, 2.05) is 0 Å². The van der Waals surface area contributed by atoms with Crippen molar-refractivity contribution in [2.45, 2.75) is 83.1 Å². The summed E-state index contributed by atoms with van der Waals surface area (Å²) in [5.41, 5.74) is 6.96. The number of rotatable bonds is 2. The van der Waals surface area contributed by atoms with E-state index in [1.165, 1.54) is 70.6 Å². The first-order valence-electron chi connectivity index (χ1n) is 7.53. The monoisotopic (exact) mass is 223 g/mol. The van der Waals surface area contributed by atoms with E-state index in [-0.39, 0.29) is 5.54 Å². The summed E-state index contributed by atoms with van der Waals surface area (Å²) in [5, 5.41) is 0. The van der Waals surface area contributed by atoms with Crippen molar-refractivity contribution < 1.29 is 0 Å². The highest BCUT2D eigenvalue weighted by atomic mass is 14.8. The van der Waals surface area contributed by atoms with Crippen molar-refractivity contribution >= 4 is 0 Å². The lowest BCUT2D eigenvalue weighted by molar-refractivity contribution is 0.146. The molecular weight excluding hydrogens is 194 g/mol. The van der Waals surface area contributed by atoms with Crippen LogP contribution in [0.15, 0.2) is 0 Å². The highest BCUT2D eigenvalue weighted by Crippen LogP contribution is 2.41. The second-order valence-electron chi connectivity index (χ2n) is 6.29. The Morgan fingerprint density at radius 2 is 1.69 bits per heavy atom. The minimum absolute atomic E-state index is 0.213. The first-order chi connectivity index (χ1) is 7.74. The van der Waals surface area contributed by atoms with Gasteiger partial charge in [0.2, 0.25) is 0 Å². The molecule has 1 heteroatoms. The molecule has 2 aliphatic rings. The molecular formula is C15H29N. The second kappa shape index (κ2) is 5.53. The van der Waals surface area contributed by atoms with Gasteiger partial charge < -0.3 is 5.73 Å². The van der Waals surface area contributed by atoms with Gasteiger partial charge in [-0.05, 0) is 37.5 Å². The van der Waals surface area contributed by atoms with E-state index in [4.69, 9.17) is 5.73 Å². The van der Waals surface area contributed by atoms with Crippen molar-refractivity contribution in [1.29, 1.82) is 0 Å². The van der Waals surface area contributed by atoms with Crippen LogP contribution in [0.1, 0.15) is 77.6 Å². The molecule has 0 spiro atoms. The van der Waals surface area contributed by atoms with Crippen molar-refractivity contribution in [2.24, 2.45) is 17.6 Å². The molecule has 0 amide bonds. The molecule has 0 heterocycles. The molecule has 0 aromatic heterocycles. The van der Waals surface area contributed by atoms with Gasteiger partial charge in [-0.2, -0.15) is 0 Å². The van der Waals surface area contributed by atoms with E-state index < -0.39 is 0 Å². The van der Waals surface area contributed by atoms with Crippen molar-refractivity contribution in [3.63, 3.8) is 0 Å². The van der Waals surface area contributed by atoms with E-state index in [1.54, 1.807) is 0 Å². The van der Waals surface area contributed by atoms with E-state index in [9.17, 15) is 0 Å². The smallest absolute Gasteiger partial charge is 0.0182 e. The van der Waals surface area contributed by atoms with Crippen LogP contribution in [0.2, 0.25) is 0 Å². The SMILES string of the molecule is CCC1CCCC(C2(N)CCCCCC2)C1. The van der Waals surface area contributed by atoms with E-state index in [2.05, 4.69) is 6.92 Å². The van der Waals surface area contributed by atoms with Gasteiger partial charge in [-0.25, -0.2) is 0 Å². The van der Waals surface area contributed by atoms with Crippen LogP contribution in [0.4, 0.5) is 0 Å². The molecule has 16 heavy (non-hydrogen) atoms. The quantitative estimate of drug-likeness (QED) is 0.696. The Hall–Kier alpha value is -0.0400. The Bertz CT molecular complexity index is 203. The van der Waals surface area contributed by atoms with E-state index >= 15 is 0 Å². The lowest BCUT2D eigenvalue weighted by Crippen LogP contribution is -2.48. The summed E-state index contributed by atoms with van der Waals surface area (Å²) in [7, 11) is 0. The van der Waals surface area contributed by atoms with Crippen molar-refractivity contribution in [3.05, 3.63) is 0 Å². The Labute approximate surface area is 101 Å². The molecule has 1 nitrogen and oxygen atoms in total. The van der Waals surface area contributed by atoms with Gasteiger partial charge in [0.15, 0.2) is 0 Å². The lowest BCUT2D eigenvalue weighted by Gasteiger charge is -2.42. The number of hydrogen-bond acceptors (Lipinski definition) is 1. The Morgan fingerprint density at radius 1 is 1.00 bits per heavy atom. The van der Waals surface area contributed by atoms with Crippen LogP contribution in [0.5, 0.6) is 0 Å². The molecule has 2 rings (SSSR count). The van der Waals surface area contributed by atoms with Gasteiger partial charge in [-0.15, -0.1) is 0 Å². The average molecular weight is 223 g/mol. The van der Waals surface area contributed by atoms with Crippen molar-refractivity contribution in [2.75, 3.05) is 0 Å². The standard InChI is InChI=1S/C15H29N/c1-2-13-8-7-9-14(12-13)15(16)10-5-3-4-6-11-15/h13-14H,2-12,16H2,1H3. The normalized spacial score (nSPS) is 35.6. The average Bonchev–Trinajstić information content (AvgIpc) is 2.55. The summed E-state index contributed by atoms with van der Waals surface area (Å²) in [5.74, 6) is 1.81. The van der Waals surface area contributed by atoms with Gasteiger partial charge in [0.25, 0.3) is 0 Å². The molecule has 2 aliphatic carbocycles. The Kier molecular flexibility index (Phi) is 4.29. The molecule has 2 unspecified atom stereocenters. The summed E-state index contributed by atoms with van der Waals surface area (Å²) in [6, 6.07) is 0. The van der Waals surface area contributed by atoms with Gasteiger partial charge in [-0.1, -0.05) is 51.9 Å². The highest BCUT2D eigenvalue weighted by molar-refractivity contribution is 4.94. The fourth-order valence-corrected chi connectivity index (χ4v) is 3.98. The third-order valence-electron chi connectivity index (χ3n) is 5.21. The maximum absolute atomic E-state index is 6.75. The summed E-state index contributed by atoms with van der Waals surface area (Å²) >= 11 is 0. The molecule has 2 fully saturated rings. The largest absolute Gasteiger partial charge is 0.325 e. The van der Waals surface area contributed by atoms with Crippen LogP contribution in [-0.4, -0.2) is 5.54 Å². The first kappa shape index (κ1) is 12.4. The minimum atomic E-state index is 0.213. The Morgan fingerprint density at radius 3 is 2.31 bits per heavy atom. The minimum Gasteiger partial charge on any atom is -0.325 e. The van der Waals surface area contributed by atoms with Gasteiger partial charge in [0.1, 0.15) is 0 Å². The lowest BCUT2D eigenvalue weighted by atomic mass is 9.68. The van der Waals surface area contributed by atoms with Crippen LogP contribution in [-0.2, 0) is 0 Å². The molecule has 94 valence electrons. The van der Waals surface area contributed by atoms with Gasteiger partial charge in [-0.3, -0.25) is 0 Å². The zero-order valence-corrected chi connectivity index (χ0v) is 11.0. The first-order valence-corrected chi connectivity index (χ1v) is 7.53. The van der Waals surface area contributed by atoms with Crippen LogP contribution in [0, 0.1) is 11.8 Å². The summed E-state index contributed by atoms with van der Waals surface area (Å²) in [4.78, 5) is 0. The van der Waals surface area contributed by atoms with Crippen molar-refractivity contribution in [3.8, 4) is 0 Å². The zero-order chi connectivity index (χ0) is 11.4. The third-order valence-corrected chi connectivity index (χ3v) is 5.21. The highest BCUT2D eigenvalue weighted by Gasteiger charge is 2.37.